The molecule has 2 unspecified atom stereocenters. The van der Waals surface area contributed by atoms with Gasteiger partial charge < -0.3 is 10.0 Å². The van der Waals surface area contributed by atoms with Gasteiger partial charge in [-0.05, 0) is 37.1 Å². The summed E-state index contributed by atoms with van der Waals surface area (Å²) in [7, 11) is -3.60. The van der Waals surface area contributed by atoms with Gasteiger partial charge in [0.15, 0.2) is 0 Å². The minimum atomic E-state index is -3.60. The van der Waals surface area contributed by atoms with Gasteiger partial charge >= 0.3 is 6.03 Å². The molecule has 2 fully saturated rings. The Morgan fingerprint density at radius 2 is 1.77 bits per heavy atom. The summed E-state index contributed by atoms with van der Waals surface area (Å²) >= 11 is 0. The van der Waals surface area contributed by atoms with Gasteiger partial charge in [0.05, 0.1) is 16.7 Å². The fourth-order valence-corrected chi connectivity index (χ4v) is 5.02. The van der Waals surface area contributed by atoms with Crippen molar-refractivity contribution in [3.8, 4) is 0 Å². The molecular formula is C17H23N3O5S. The van der Waals surface area contributed by atoms with Crippen LogP contribution in [0, 0.1) is 0 Å². The average Bonchev–Trinajstić information content (AvgIpc) is 2.88. The zero-order chi connectivity index (χ0) is 19.1. The molecule has 2 aliphatic heterocycles. The highest BCUT2D eigenvalue weighted by atomic mass is 32.2. The van der Waals surface area contributed by atoms with Gasteiger partial charge in [-0.1, -0.05) is 13.8 Å². The standard InChI is InChI=1S/C17H23N3O5S/c1-3-18(4-2)26(24,25)13-9-7-12(8-10-13)20-16(22)15-14(21)6-5-11-19(15)17(20)23/h7-10,14-15,21H,3-6,11H2,1-2H3. The molecule has 2 saturated heterocycles. The Hall–Kier alpha value is -1.97. The number of anilines is 1. The summed E-state index contributed by atoms with van der Waals surface area (Å²) < 4.78 is 26.4. The number of rotatable bonds is 5. The maximum Gasteiger partial charge on any atom is 0.332 e. The Morgan fingerprint density at radius 3 is 2.31 bits per heavy atom. The molecule has 1 aromatic carbocycles. The highest BCUT2D eigenvalue weighted by molar-refractivity contribution is 7.89. The molecule has 8 nitrogen and oxygen atoms in total. The molecule has 2 atom stereocenters. The van der Waals surface area contributed by atoms with Crippen LogP contribution in [-0.2, 0) is 14.8 Å². The molecule has 26 heavy (non-hydrogen) atoms. The van der Waals surface area contributed by atoms with Crippen LogP contribution in [0.3, 0.4) is 0 Å². The van der Waals surface area contributed by atoms with Gasteiger partial charge in [-0.25, -0.2) is 18.1 Å². The van der Waals surface area contributed by atoms with Gasteiger partial charge in [0.25, 0.3) is 5.91 Å². The molecule has 0 bridgehead atoms. The number of carbonyl (C=O) groups is 2. The third kappa shape index (κ3) is 2.89. The summed E-state index contributed by atoms with van der Waals surface area (Å²) in [6.45, 7) is 4.67. The first-order chi connectivity index (χ1) is 12.3. The maximum absolute atomic E-state index is 12.6. The highest BCUT2D eigenvalue weighted by Gasteiger charge is 2.50. The van der Waals surface area contributed by atoms with E-state index in [9.17, 15) is 23.1 Å². The number of hydrogen-bond donors (Lipinski definition) is 1. The summed E-state index contributed by atoms with van der Waals surface area (Å²) in [5, 5.41) is 10.1. The number of hydrogen-bond acceptors (Lipinski definition) is 5. The summed E-state index contributed by atoms with van der Waals surface area (Å²) in [4.78, 5) is 27.7. The van der Waals surface area contributed by atoms with Crippen molar-refractivity contribution in [1.82, 2.24) is 9.21 Å². The number of nitrogens with zero attached hydrogens (tertiary/aromatic N) is 3. The lowest BCUT2D eigenvalue weighted by atomic mass is 10.00. The number of aliphatic hydroxyl groups is 1. The number of urea groups is 1. The number of benzene rings is 1. The van der Waals surface area contributed by atoms with Crippen LogP contribution in [-0.4, -0.2) is 66.4 Å². The van der Waals surface area contributed by atoms with Gasteiger partial charge in [-0.2, -0.15) is 4.31 Å². The van der Waals surface area contributed by atoms with Crippen molar-refractivity contribution < 1.29 is 23.1 Å². The Bertz CT molecular complexity index is 804. The van der Waals surface area contributed by atoms with E-state index in [4.69, 9.17) is 0 Å². The summed E-state index contributed by atoms with van der Waals surface area (Å²) in [6.07, 6.45) is 0.258. The third-order valence-corrected chi connectivity index (χ3v) is 7.01. The summed E-state index contributed by atoms with van der Waals surface area (Å²) in [6, 6.07) is 4.39. The van der Waals surface area contributed by atoms with Crippen LogP contribution in [0.2, 0.25) is 0 Å². The van der Waals surface area contributed by atoms with E-state index < -0.39 is 34.1 Å². The largest absolute Gasteiger partial charge is 0.390 e. The second-order valence-corrected chi connectivity index (χ2v) is 8.33. The quantitative estimate of drug-likeness (QED) is 0.768. The molecular weight excluding hydrogens is 358 g/mol. The molecule has 0 radical (unpaired) electrons. The zero-order valence-corrected chi connectivity index (χ0v) is 15.6. The lowest BCUT2D eigenvalue weighted by Gasteiger charge is -2.30. The fraction of sp³-hybridized carbons (Fsp3) is 0.529. The first-order valence-electron chi connectivity index (χ1n) is 8.75. The van der Waals surface area contributed by atoms with Gasteiger partial charge in [0, 0.05) is 19.6 Å². The van der Waals surface area contributed by atoms with E-state index >= 15 is 0 Å². The molecule has 9 heteroatoms. The van der Waals surface area contributed by atoms with E-state index in [2.05, 4.69) is 0 Å². The lowest BCUT2D eigenvalue weighted by molar-refractivity contribution is -0.124. The number of sulfonamides is 1. The molecule has 1 aromatic rings. The number of piperidine rings is 1. The van der Waals surface area contributed by atoms with Crippen LogP contribution in [0.5, 0.6) is 0 Å². The molecule has 2 heterocycles. The van der Waals surface area contributed by atoms with Crippen LogP contribution in [0.15, 0.2) is 29.2 Å². The van der Waals surface area contributed by atoms with Crippen molar-refractivity contribution in [2.45, 2.75) is 43.7 Å². The van der Waals surface area contributed by atoms with Gasteiger partial charge in [-0.15, -0.1) is 0 Å². The molecule has 2 aliphatic rings. The normalized spacial score (nSPS) is 23.7. The highest BCUT2D eigenvalue weighted by Crippen LogP contribution is 2.31. The van der Waals surface area contributed by atoms with Crippen molar-refractivity contribution in [2.24, 2.45) is 0 Å². The van der Waals surface area contributed by atoms with E-state index in [1.165, 1.54) is 33.5 Å². The average molecular weight is 381 g/mol. The number of fused-ring (bicyclic) bond motifs is 1. The Morgan fingerprint density at radius 1 is 1.15 bits per heavy atom. The van der Waals surface area contributed by atoms with Crippen LogP contribution >= 0.6 is 0 Å². The van der Waals surface area contributed by atoms with E-state index in [0.29, 0.717) is 38.2 Å². The predicted octanol–water partition coefficient (Wildman–Crippen LogP) is 1.01. The van der Waals surface area contributed by atoms with E-state index in [0.717, 1.165) is 4.90 Å². The van der Waals surface area contributed by atoms with Crippen LogP contribution in [0.1, 0.15) is 26.7 Å². The van der Waals surface area contributed by atoms with E-state index in [1.807, 2.05) is 0 Å². The maximum atomic E-state index is 12.6. The molecule has 3 rings (SSSR count). The monoisotopic (exact) mass is 381 g/mol. The Kier molecular flexibility index (Phi) is 5.05. The van der Waals surface area contributed by atoms with Crippen LogP contribution in [0.4, 0.5) is 10.5 Å². The molecule has 0 aromatic heterocycles. The van der Waals surface area contributed by atoms with Crippen molar-refractivity contribution >= 4 is 27.6 Å². The first-order valence-corrected chi connectivity index (χ1v) is 10.2. The van der Waals surface area contributed by atoms with Gasteiger partial charge in [-0.3, -0.25) is 4.79 Å². The number of carbonyl (C=O) groups excluding carboxylic acids is 2. The Labute approximate surface area is 153 Å². The second-order valence-electron chi connectivity index (χ2n) is 6.39. The fourth-order valence-electron chi connectivity index (χ4n) is 3.56. The van der Waals surface area contributed by atoms with Crippen molar-refractivity contribution in [2.75, 3.05) is 24.5 Å². The van der Waals surface area contributed by atoms with Crippen molar-refractivity contribution in [3.05, 3.63) is 24.3 Å². The van der Waals surface area contributed by atoms with Crippen molar-refractivity contribution in [1.29, 1.82) is 0 Å². The topological polar surface area (TPSA) is 98.2 Å². The number of aliphatic hydroxyl groups excluding tert-OH is 1. The molecule has 0 spiro atoms. The van der Waals surface area contributed by atoms with Crippen molar-refractivity contribution in [3.63, 3.8) is 0 Å². The molecule has 142 valence electrons. The van der Waals surface area contributed by atoms with Crippen LogP contribution in [0.25, 0.3) is 0 Å². The number of imide groups is 1. The smallest absolute Gasteiger partial charge is 0.332 e. The minimum Gasteiger partial charge on any atom is -0.390 e. The number of amides is 3. The van der Waals surface area contributed by atoms with E-state index in [1.54, 1.807) is 13.8 Å². The molecule has 1 N–H and O–H groups in total. The summed E-state index contributed by atoms with van der Waals surface area (Å²) in [5.41, 5.74) is 0.306. The minimum absolute atomic E-state index is 0.113. The van der Waals surface area contributed by atoms with Gasteiger partial charge in [0.2, 0.25) is 10.0 Å². The predicted molar refractivity (Wildman–Crippen MR) is 95.2 cm³/mol. The molecule has 3 amide bonds. The van der Waals surface area contributed by atoms with Gasteiger partial charge in [0.1, 0.15) is 6.04 Å². The van der Waals surface area contributed by atoms with E-state index in [-0.39, 0.29) is 4.90 Å². The lowest BCUT2D eigenvalue weighted by Crippen LogP contribution is -2.48. The second kappa shape index (κ2) is 6.98. The first kappa shape index (κ1) is 18.8. The SMILES string of the molecule is CCN(CC)S(=O)(=O)c1ccc(N2C(=O)C3C(O)CCCN3C2=O)cc1. The summed E-state index contributed by atoms with van der Waals surface area (Å²) in [5.74, 6) is -0.471. The zero-order valence-electron chi connectivity index (χ0n) is 14.8. The van der Waals surface area contributed by atoms with Crippen LogP contribution < -0.4 is 4.90 Å². The third-order valence-electron chi connectivity index (χ3n) is 4.95. The Balaban J connectivity index is 1.90. The molecule has 0 aliphatic carbocycles. The molecule has 0 saturated carbocycles.